The second-order valence-corrected chi connectivity index (χ2v) is 6.17. The lowest BCUT2D eigenvalue weighted by molar-refractivity contribution is -0.148. The van der Waals surface area contributed by atoms with E-state index in [1.165, 1.54) is 12.8 Å². The third-order valence-electron chi connectivity index (χ3n) is 5.21. The molecule has 0 aromatic heterocycles. The van der Waals surface area contributed by atoms with Gasteiger partial charge >= 0.3 is 5.97 Å². The maximum atomic E-state index is 11.5. The summed E-state index contributed by atoms with van der Waals surface area (Å²) in [4.78, 5) is 16.3. The molecule has 0 radical (unpaired) electrons. The summed E-state index contributed by atoms with van der Waals surface area (Å²) in [6.45, 7) is 7.12. The molecule has 2 aliphatic heterocycles. The summed E-state index contributed by atoms with van der Waals surface area (Å²) in [5.41, 5.74) is -0.480. The molecule has 2 rings (SSSR count). The van der Waals surface area contributed by atoms with Crippen LogP contribution in [0, 0.1) is 5.41 Å². The van der Waals surface area contributed by atoms with E-state index in [9.17, 15) is 9.90 Å². The van der Waals surface area contributed by atoms with Gasteiger partial charge in [-0.1, -0.05) is 6.92 Å². The van der Waals surface area contributed by atoms with Gasteiger partial charge in [0.1, 0.15) is 0 Å². The molecule has 2 saturated heterocycles. The van der Waals surface area contributed by atoms with E-state index in [2.05, 4.69) is 23.8 Å². The molecule has 0 spiro atoms. The van der Waals surface area contributed by atoms with Crippen molar-refractivity contribution >= 4 is 5.97 Å². The zero-order valence-electron chi connectivity index (χ0n) is 11.9. The second-order valence-electron chi connectivity index (χ2n) is 6.17. The number of carboxylic acids is 1. The Morgan fingerprint density at radius 2 is 2.17 bits per heavy atom. The van der Waals surface area contributed by atoms with Crippen molar-refractivity contribution in [2.24, 2.45) is 5.41 Å². The Kier molecular flexibility index (Phi) is 3.97. The summed E-state index contributed by atoms with van der Waals surface area (Å²) in [5, 5.41) is 9.44. The van der Waals surface area contributed by atoms with Crippen LogP contribution in [0.5, 0.6) is 0 Å². The van der Waals surface area contributed by atoms with Crippen LogP contribution in [0.25, 0.3) is 0 Å². The minimum Gasteiger partial charge on any atom is -0.481 e. The van der Waals surface area contributed by atoms with Gasteiger partial charge in [-0.3, -0.25) is 9.69 Å². The lowest BCUT2D eigenvalue weighted by Crippen LogP contribution is -2.47. The molecule has 0 aliphatic carbocycles. The first kappa shape index (κ1) is 13.8. The molecule has 104 valence electrons. The van der Waals surface area contributed by atoms with Gasteiger partial charge in [0.2, 0.25) is 0 Å². The molecule has 0 amide bonds. The van der Waals surface area contributed by atoms with Gasteiger partial charge in [0, 0.05) is 18.6 Å². The highest BCUT2D eigenvalue weighted by molar-refractivity contribution is 5.75. The highest BCUT2D eigenvalue weighted by Crippen LogP contribution is 2.37. The zero-order valence-corrected chi connectivity index (χ0v) is 11.9. The van der Waals surface area contributed by atoms with Crippen molar-refractivity contribution in [1.82, 2.24) is 9.80 Å². The molecule has 0 aromatic carbocycles. The highest BCUT2D eigenvalue weighted by Gasteiger charge is 2.45. The monoisotopic (exact) mass is 254 g/mol. The van der Waals surface area contributed by atoms with Gasteiger partial charge in [-0.2, -0.15) is 0 Å². The normalized spacial score (nSPS) is 39.1. The van der Waals surface area contributed by atoms with Gasteiger partial charge in [0.25, 0.3) is 0 Å². The molecule has 2 aliphatic rings. The molecule has 2 fully saturated rings. The van der Waals surface area contributed by atoms with Crippen LogP contribution in [0.15, 0.2) is 0 Å². The largest absolute Gasteiger partial charge is 0.481 e. The van der Waals surface area contributed by atoms with Crippen LogP contribution < -0.4 is 0 Å². The van der Waals surface area contributed by atoms with Gasteiger partial charge in [0.15, 0.2) is 0 Å². The average molecular weight is 254 g/mol. The van der Waals surface area contributed by atoms with Gasteiger partial charge < -0.3 is 10.0 Å². The predicted molar refractivity (Wildman–Crippen MR) is 71.7 cm³/mol. The fourth-order valence-corrected chi connectivity index (χ4v) is 3.43. The van der Waals surface area contributed by atoms with E-state index in [-0.39, 0.29) is 0 Å². The molecule has 0 aromatic rings. The predicted octanol–water partition coefficient (Wildman–Crippen LogP) is 1.66. The van der Waals surface area contributed by atoms with Crippen molar-refractivity contribution in [2.75, 3.05) is 26.7 Å². The summed E-state index contributed by atoms with van der Waals surface area (Å²) in [7, 11) is 2.18. The smallest absolute Gasteiger partial charge is 0.310 e. The van der Waals surface area contributed by atoms with Crippen LogP contribution in [-0.4, -0.2) is 59.6 Å². The van der Waals surface area contributed by atoms with E-state index >= 15 is 0 Å². The quantitative estimate of drug-likeness (QED) is 0.832. The third kappa shape index (κ3) is 2.41. The molecule has 0 saturated carbocycles. The Hall–Kier alpha value is -0.610. The van der Waals surface area contributed by atoms with E-state index < -0.39 is 11.4 Å². The Morgan fingerprint density at radius 1 is 1.44 bits per heavy atom. The summed E-state index contributed by atoms with van der Waals surface area (Å²) in [6.07, 6.45) is 3.93. The van der Waals surface area contributed by atoms with Crippen LogP contribution in [0.4, 0.5) is 0 Å². The van der Waals surface area contributed by atoms with Crippen molar-refractivity contribution in [3.8, 4) is 0 Å². The van der Waals surface area contributed by atoms with Crippen LogP contribution >= 0.6 is 0 Å². The molecule has 4 heteroatoms. The van der Waals surface area contributed by atoms with Crippen LogP contribution in [0.2, 0.25) is 0 Å². The summed E-state index contributed by atoms with van der Waals surface area (Å²) >= 11 is 0. The molecular formula is C14H26N2O2. The maximum Gasteiger partial charge on any atom is 0.310 e. The summed E-state index contributed by atoms with van der Waals surface area (Å²) < 4.78 is 0. The molecule has 3 unspecified atom stereocenters. The summed E-state index contributed by atoms with van der Waals surface area (Å²) in [6, 6.07) is 1.20. The number of nitrogens with zero attached hydrogens (tertiary/aromatic N) is 2. The topological polar surface area (TPSA) is 43.8 Å². The van der Waals surface area contributed by atoms with E-state index in [0.29, 0.717) is 12.1 Å². The number of hydrogen-bond donors (Lipinski definition) is 1. The molecule has 0 bridgehead atoms. The van der Waals surface area contributed by atoms with Gasteiger partial charge in [-0.05, 0) is 52.7 Å². The first-order valence-electron chi connectivity index (χ1n) is 7.16. The molecular weight excluding hydrogens is 228 g/mol. The standard InChI is InChI=1S/C14H26N2O2/c1-4-14(13(17)18)6-8-16(10-14)12-5-7-15(3)11(2)9-12/h11-12H,4-10H2,1-3H3,(H,17,18). The average Bonchev–Trinajstić information content (AvgIpc) is 2.78. The second kappa shape index (κ2) is 5.17. The Morgan fingerprint density at radius 3 is 2.67 bits per heavy atom. The minimum absolute atomic E-state index is 0.480. The lowest BCUT2D eigenvalue weighted by Gasteiger charge is -2.39. The number of carbonyl (C=O) groups is 1. The van der Waals surface area contributed by atoms with E-state index in [1.54, 1.807) is 0 Å². The number of carboxylic acid groups (broad SMARTS) is 1. The molecule has 18 heavy (non-hydrogen) atoms. The number of piperidine rings is 1. The number of aliphatic carboxylic acids is 1. The van der Waals surface area contributed by atoms with Crippen molar-refractivity contribution in [3.63, 3.8) is 0 Å². The number of rotatable bonds is 3. The van der Waals surface area contributed by atoms with E-state index in [0.717, 1.165) is 32.5 Å². The lowest BCUT2D eigenvalue weighted by atomic mass is 9.84. The fraction of sp³-hybridized carbons (Fsp3) is 0.929. The van der Waals surface area contributed by atoms with Crippen molar-refractivity contribution in [2.45, 2.75) is 51.6 Å². The van der Waals surface area contributed by atoms with E-state index in [1.807, 2.05) is 6.92 Å². The maximum absolute atomic E-state index is 11.5. The first-order valence-corrected chi connectivity index (χ1v) is 7.16. The molecule has 3 atom stereocenters. The van der Waals surface area contributed by atoms with Crippen molar-refractivity contribution in [3.05, 3.63) is 0 Å². The van der Waals surface area contributed by atoms with Gasteiger partial charge in [-0.15, -0.1) is 0 Å². The minimum atomic E-state index is -0.603. The Balaban J connectivity index is 1.98. The number of hydrogen-bond acceptors (Lipinski definition) is 3. The Labute approximate surface area is 110 Å². The van der Waals surface area contributed by atoms with Crippen LogP contribution in [0.3, 0.4) is 0 Å². The van der Waals surface area contributed by atoms with Crippen LogP contribution in [-0.2, 0) is 4.79 Å². The molecule has 4 nitrogen and oxygen atoms in total. The van der Waals surface area contributed by atoms with Crippen molar-refractivity contribution < 1.29 is 9.90 Å². The van der Waals surface area contributed by atoms with Crippen LogP contribution in [0.1, 0.15) is 39.5 Å². The SMILES string of the molecule is CCC1(C(=O)O)CCN(C2CCN(C)C(C)C2)C1. The van der Waals surface area contributed by atoms with Gasteiger partial charge in [-0.25, -0.2) is 0 Å². The van der Waals surface area contributed by atoms with Gasteiger partial charge in [0.05, 0.1) is 5.41 Å². The van der Waals surface area contributed by atoms with Crippen molar-refractivity contribution in [1.29, 1.82) is 0 Å². The zero-order chi connectivity index (χ0) is 13.3. The summed E-state index contributed by atoms with van der Waals surface area (Å²) in [5.74, 6) is -0.603. The first-order chi connectivity index (χ1) is 8.48. The number of likely N-dealkylation sites (tertiary alicyclic amines) is 2. The highest BCUT2D eigenvalue weighted by atomic mass is 16.4. The fourth-order valence-electron chi connectivity index (χ4n) is 3.43. The Bertz CT molecular complexity index is 321. The molecule has 1 N–H and O–H groups in total. The van der Waals surface area contributed by atoms with E-state index in [4.69, 9.17) is 0 Å². The third-order valence-corrected chi connectivity index (χ3v) is 5.21. The molecule has 2 heterocycles.